The molecule has 1 aromatic heterocycles. The zero-order chi connectivity index (χ0) is 17.3. The quantitative estimate of drug-likeness (QED) is 0.844. The van der Waals surface area contributed by atoms with Gasteiger partial charge in [-0.15, -0.1) is 0 Å². The second-order valence-corrected chi connectivity index (χ2v) is 7.69. The van der Waals surface area contributed by atoms with Crippen molar-refractivity contribution < 1.29 is 17.2 Å². The van der Waals surface area contributed by atoms with Crippen LogP contribution in [0.3, 0.4) is 0 Å². The lowest BCUT2D eigenvalue weighted by Gasteiger charge is -2.16. The van der Waals surface area contributed by atoms with E-state index in [0.29, 0.717) is 5.56 Å². The molecule has 1 heterocycles. The van der Waals surface area contributed by atoms with Gasteiger partial charge >= 0.3 is 5.76 Å². The summed E-state index contributed by atoms with van der Waals surface area (Å²) in [6.45, 7) is 0.168. The van der Waals surface area contributed by atoms with Crippen LogP contribution in [0.2, 0.25) is 0 Å². The lowest BCUT2D eigenvalue weighted by molar-refractivity contribution is 0.234. The summed E-state index contributed by atoms with van der Waals surface area (Å²) in [5.41, 5.74) is 2.30. The van der Waals surface area contributed by atoms with Crippen molar-refractivity contribution in [1.82, 2.24) is 9.78 Å². The number of hydrogen-bond donors (Lipinski definition) is 0. The van der Waals surface area contributed by atoms with Crippen molar-refractivity contribution in [2.24, 2.45) is 0 Å². The van der Waals surface area contributed by atoms with Gasteiger partial charge in [-0.2, -0.15) is 13.9 Å². The highest BCUT2D eigenvalue weighted by Gasteiger charge is 2.26. The molecule has 2 aromatic rings. The van der Waals surface area contributed by atoms with Crippen molar-refractivity contribution >= 4 is 9.84 Å². The Balaban J connectivity index is 1.86. The largest absolute Gasteiger partial charge is 0.341 e. The summed E-state index contributed by atoms with van der Waals surface area (Å²) in [6, 6.07) is 6.68. The molecule has 0 unspecified atom stereocenters. The third-order valence-electron chi connectivity index (χ3n) is 4.09. The second-order valence-electron chi connectivity index (χ2n) is 5.77. The molecule has 0 fully saturated rings. The fraction of sp³-hybridized carbons (Fsp3) is 0.375. The first-order chi connectivity index (χ1) is 11.4. The zero-order valence-corrected chi connectivity index (χ0v) is 13.6. The highest BCUT2D eigenvalue weighted by molar-refractivity contribution is 7.91. The third kappa shape index (κ3) is 3.24. The van der Waals surface area contributed by atoms with Gasteiger partial charge < -0.3 is 0 Å². The van der Waals surface area contributed by atoms with E-state index in [1.165, 1.54) is 16.8 Å². The Hall–Kier alpha value is -2.09. The molecule has 0 atom stereocenters. The van der Waals surface area contributed by atoms with Gasteiger partial charge in [0.25, 0.3) is 5.56 Å². The van der Waals surface area contributed by atoms with Crippen molar-refractivity contribution in [3.8, 4) is 0 Å². The van der Waals surface area contributed by atoms with Crippen LogP contribution in [0.5, 0.6) is 0 Å². The Kier molecular flexibility index (Phi) is 4.49. The van der Waals surface area contributed by atoms with E-state index in [1.807, 2.05) is 0 Å². The number of alkyl halides is 2. The molecular formula is C16H16F2N2O3S. The summed E-state index contributed by atoms with van der Waals surface area (Å²) >= 11 is 0. The summed E-state index contributed by atoms with van der Waals surface area (Å²) in [5, 5.41) is 4.37. The summed E-state index contributed by atoms with van der Waals surface area (Å²) < 4.78 is 49.1. The molecule has 1 aliphatic rings. The summed E-state index contributed by atoms with van der Waals surface area (Å²) in [6.07, 6.45) is 3.79. The molecular weight excluding hydrogens is 338 g/mol. The minimum absolute atomic E-state index is 0.168. The van der Waals surface area contributed by atoms with Gasteiger partial charge in [0.05, 0.1) is 17.1 Å². The van der Waals surface area contributed by atoms with E-state index in [-0.39, 0.29) is 12.1 Å². The zero-order valence-electron chi connectivity index (χ0n) is 12.8. The maximum Gasteiger partial charge on any atom is 0.341 e. The van der Waals surface area contributed by atoms with Gasteiger partial charge in [-0.05, 0) is 48.9 Å². The third-order valence-corrected chi connectivity index (χ3v) is 5.49. The van der Waals surface area contributed by atoms with Crippen molar-refractivity contribution in [3.05, 3.63) is 57.5 Å². The predicted molar refractivity (Wildman–Crippen MR) is 83.9 cm³/mol. The summed E-state index contributed by atoms with van der Waals surface area (Å²) in [4.78, 5) is 11.7. The lowest BCUT2D eigenvalue weighted by Crippen LogP contribution is -2.26. The number of aryl methyl sites for hydroxylation is 2. The van der Waals surface area contributed by atoms with Gasteiger partial charge in [0.2, 0.25) is 9.84 Å². The monoisotopic (exact) mass is 354 g/mol. The molecule has 3 rings (SSSR count). The maximum absolute atomic E-state index is 12.5. The first kappa shape index (κ1) is 16.8. The molecule has 1 aliphatic carbocycles. The second kappa shape index (κ2) is 6.43. The Morgan fingerprint density at radius 3 is 2.46 bits per heavy atom. The standard InChI is InChI=1S/C16H16F2N2O3S/c17-16(18)24(22,23)13-7-5-11(6-8-13)10-20-15(21)9-12-3-1-2-4-14(12)19-20/h5-9,16H,1-4,10H2. The van der Waals surface area contributed by atoms with Crippen molar-refractivity contribution in [1.29, 1.82) is 0 Å². The predicted octanol–water partition coefficient (Wildman–Crippen LogP) is 2.17. The lowest BCUT2D eigenvalue weighted by atomic mass is 9.97. The van der Waals surface area contributed by atoms with E-state index in [2.05, 4.69) is 5.10 Å². The van der Waals surface area contributed by atoms with Gasteiger partial charge in [-0.25, -0.2) is 13.1 Å². The molecule has 0 aliphatic heterocycles. The first-order valence-electron chi connectivity index (χ1n) is 7.59. The first-order valence-corrected chi connectivity index (χ1v) is 9.13. The Morgan fingerprint density at radius 1 is 1.12 bits per heavy atom. The Labute approximate surface area is 137 Å². The van der Waals surface area contributed by atoms with Crippen LogP contribution >= 0.6 is 0 Å². The number of sulfone groups is 1. The molecule has 8 heteroatoms. The van der Waals surface area contributed by atoms with Crippen LogP contribution in [0, 0.1) is 0 Å². The van der Waals surface area contributed by atoms with Crippen molar-refractivity contribution in [2.75, 3.05) is 0 Å². The molecule has 0 saturated carbocycles. The number of aromatic nitrogens is 2. The molecule has 128 valence electrons. The van der Waals surface area contributed by atoms with E-state index >= 15 is 0 Å². The fourth-order valence-electron chi connectivity index (χ4n) is 2.77. The summed E-state index contributed by atoms with van der Waals surface area (Å²) in [7, 11) is -4.60. The van der Waals surface area contributed by atoms with Crippen LogP contribution in [-0.4, -0.2) is 24.0 Å². The van der Waals surface area contributed by atoms with Gasteiger partial charge in [0, 0.05) is 6.07 Å². The van der Waals surface area contributed by atoms with Crippen LogP contribution < -0.4 is 5.56 Å². The molecule has 24 heavy (non-hydrogen) atoms. The molecule has 0 bridgehead atoms. The van der Waals surface area contributed by atoms with Crippen LogP contribution in [0.15, 0.2) is 40.0 Å². The van der Waals surface area contributed by atoms with E-state index in [1.54, 1.807) is 6.07 Å². The Morgan fingerprint density at radius 2 is 1.79 bits per heavy atom. The molecule has 0 radical (unpaired) electrons. The van der Waals surface area contributed by atoms with E-state index in [0.717, 1.165) is 49.1 Å². The maximum atomic E-state index is 12.5. The minimum Gasteiger partial charge on any atom is -0.268 e. The van der Waals surface area contributed by atoms with Gasteiger partial charge in [0.15, 0.2) is 0 Å². The SMILES string of the molecule is O=c1cc2c(nn1Cc1ccc(S(=O)(=O)C(F)F)cc1)CCCC2. The highest BCUT2D eigenvalue weighted by atomic mass is 32.2. The van der Waals surface area contributed by atoms with Crippen LogP contribution in [0.4, 0.5) is 8.78 Å². The van der Waals surface area contributed by atoms with E-state index in [9.17, 15) is 22.0 Å². The number of hydrogen-bond acceptors (Lipinski definition) is 4. The van der Waals surface area contributed by atoms with Gasteiger partial charge in [-0.3, -0.25) is 4.79 Å². The van der Waals surface area contributed by atoms with E-state index in [4.69, 9.17) is 0 Å². The molecule has 0 N–H and O–H groups in total. The summed E-state index contributed by atoms with van der Waals surface area (Å²) in [5.74, 6) is -3.45. The van der Waals surface area contributed by atoms with Crippen molar-refractivity contribution in [2.45, 2.75) is 42.9 Å². The smallest absolute Gasteiger partial charge is 0.268 e. The van der Waals surface area contributed by atoms with Crippen LogP contribution in [0.1, 0.15) is 29.7 Å². The number of fused-ring (bicyclic) bond motifs is 1. The fourth-order valence-corrected chi connectivity index (χ4v) is 3.50. The molecule has 0 spiro atoms. The molecule has 0 amide bonds. The van der Waals surface area contributed by atoms with E-state index < -0.39 is 20.5 Å². The topological polar surface area (TPSA) is 69.0 Å². The average molecular weight is 354 g/mol. The van der Waals surface area contributed by atoms with Crippen LogP contribution in [0.25, 0.3) is 0 Å². The number of halogens is 2. The molecule has 5 nitrogen and oxygen atoms in total. The molecule has 0 saturated heterocycles. The normalized spacial score (nSPS) is 14.6. The average Bonchev–Trinajstić information content (AvgIpc) is 2.56. The number of rotatable bonds is 4. The number of benzene rings is 1. The molecule has 1 aromatic carbocycles. The van der Waals surface area contributed by atoms with Crippen LogP contribution in [-0.2, 0) is 29.2 Å². The van der Waals surface area contributed by atoms with Crippen molar-refractivity contribution in [3.63, 3.8) is 0 Å². The minimum atomic E-state index is -4.60. The van der Waals surface area contributed by atoms with Gasteiger partial charge in [0.1, 0.15) is 0 Å². The Bertz CT molecular complexity index is 906. The highest BCUT2D eigenvalue weighted by Crippen LogP contribution is 2.19. The van der Waals surface area contributed by atoms with Gasteiger partial charge in [-0.1, -0.05) is 12.1 Å². The number of nitrogens with zero attached hydrogens (tertiary/aromatic N) is 2.